The largest absolute Gasteiger partial charge is 0.475 e. The summed E-state index contributed by atoms with van der Waals surface area (Å²) in [5.41, 5.74) is 0. The maximum absolute atomic E-state index is 5.54. The van der Waals surface area contributed by atoms with Crippen LogP contribution in [0.15, 0.2) is 24.4 Å². The Labute approximate surface area is 117 Å². The number of thiophene rings is 1. The number of anilines is 1. The summed E-state index contributed by atoms with van der Waals surface area (Å²) in [4.78, 5) is 11.2. The maximum atomic E-state index is 5.54. The topological polar surface area (TPSA) is 47.0 Å². The fourth-order valence-corrected chi connectivity index (χ4v) is 2.51. The van der Waals surface area contributed by atoms with Gasteiger partial charge in [0.2, 0.25) is 11.8 Å². The third-order valence-corrected chi connectivity index (χ3v) is 3.70. The molecule has 2 aromatic rings. The van der Waals surface area contributed by atoms with Gasteiger partial charge in [0.1, 0.15) is 0 Å². The highest BCUT2D eigenvalue weighted by Crippen LogP contribution is 2.18. The molecule has 1 N–H and O–H groups in total. The number of hydrogen-bond acceptors (Lipinski definition) is 5. The molecule has 5 heteroatoms. The van der Waals surface area contributed by atoms with Gasteiger partial charge in [0.15, 0.2) is 0 Å². The van der Waals surface area contributed by atoms with Crippen LogP contribution in [0.1, 0.15) is 30.5 Å². The SMILES string of the molecule is CCc1ccc(CNc2nccc(OC(C)C)n2)s1. The molecular weight excluding hydrogens is 258 g/mol. The summed E-state index contributed by atoms with van der Waals surface area (Å²) in [6.07, 6.45) is 2.91. The van der Waals surface area contributed by atoms with E-state index in [0.717, 1.165) is 13.0 Å². The Morgan fingerprint density at radius 2 is 2.05 bits per heavy atom. The first kappa shape index (κ1) is 13.8. The Balaban J connectivity index is 1.95. The van der Waals surface area contributed by atoms with Crippen molar-refractivity contribution in [2.75, 3.05) is 5.32 Å². The molecule has 102 valence electrons. The molecule has 19 heavy (non-hydrogen) atoms. The molecule has 2 aromatic heterocycles. The van der Waals surface area contributed by atoms with Gasteiger partial charge in [-0.3, -0.25) is 0 Å². The first-order valence-electron chi connectivity index (χ1n) is 6.48. The van der Waals surface area contributed by atoms with Crippen LogP contribution in [0.25, 0.3) is 0 Å². The van der Waals surface area contributed by atoms with Crippen LogP contribution in [0.4, 0.5) is 5.95 Å². The van der Waals surface area contributed by atoms with Crippen molar-refractivity contribution in [1.29, 1.82) is 0 Å². The van der Waals surface area contributed by atoms with Crippen molar-refractivity contribution in [3.05, 3.63) is 34.2 Å². The average molecular weight is 277 g/mol. The van der Waals surface area contributed by atoms with Gasteiger partial charge in [-0.1, -0.05) is 6.92 Å². The summed E-state index contributed by atoms with van der Waals surface area (Å²) < 4.78 is 5.54. The van der Waals surface area contributed by atoms with E-state index in [1.807, 2.05) is 25.2 Å². The Hall–Kier alpha value is -1.62. The van der Waals surface area contributed by atoms with Gasteiger partial charge in [0.05, 0.1) is 12.6 Å². The van der Waals surface area contributed by atoms with Crippen molar-refractivity contribution in [3.63, 3.8) is 0 Å². The molecule has 0 amide bonds. The van der Waals surface area contributed by atoms with E-state index in [2.05, 4.69) is 34.3 Å². The molecule has 0 aliphatic heterocycles. The zero-order chi connectivity index (χ0) is 13.7. The first-order chi connectivity index (χ1) is 9.17. The van der Waals surface area contributed by atoms with Crippen LogP contribution in [-0.4, -0.2) is 16.1 Å². The zero-order valence-corrected chi connectivity index (χ0v) is 12.3. The third kappa shape index (κ3) is 4.21. The first-order valence-corrected chi connectivity index (χ1v) is 7.30. The van der Waals surface area contributed by atoms with E-state index in [0.29, 0.717) is 11.8 Å². The van der Waals surface area contributed by atoms with E-state index < -0.39 is 0 Å². The van der Waals surface area contributed by atoms with E-state index in [1.54, 1.807) is 12.3 Å². The summed E-state index contributed by atoms with van der Waals surface area (Å²) in [7, 11) is 0. The summed E-state index contributed by atoms with van der Waals surface area (Å²) in [5, 5.41) is 3.22. The molecule has 2 rings (SSSR count). The monoisotopic (exact) mass is 277 g/mol. The Morgan fingerprint density at radius 1 is 1.26 bits per heavy atom. The summed E-state index contributed by atoms with van der Waals surface area (Å²) in [6.45, 7) is 6.87. The van der Waals surface area contributed by atoms with Gasteiger partial charge in [0, 0.05) is 22.0 Å². The van der Waals surface area contributed by atoms with E-state index >= 15 is 0 Å². The lowest BCUT2D eigenvalue weighted by molar-refractivity contribution is 0.232. The number of rotatable bonds is 6. The minimum absolute atomic E-state index is 0.118. The smallest absolute Gasteiger partial charge is 0.226 e. The molecule has 0 spiro atoms. The summed E-state index contributed by atoms with van der Waals surface area (Å²) in [6, 6.07) is 6.08. The predicted octanol–water partition coefficient (Wildman–Crippen LogP) is 3.50. The van der Waals surface area contributed by atoms with Crippen LogP contribution < -0.4 is 10.1 Å². The van der Waals surface area contributed by atoms with Crippen LogP contribution in [0.3, 0.4) is 0 Å². The number of aromatic nitrogens is 2. The molecule has 0 aromatic carbocycles. The molecule has 0 bridgehead atoms. The van der Waals surface area contributed by atoms with E-state index in [4.69, 9.17) is 4.74 Å². The molecule has 0 radical (unpaired) electrons. The number of ether oxygens (including phenoxy) is 1. The lowest BCUT2D eigenvalue weighted by atomic mass is 10.4. The van der Waals surface area contributed by atoms with Crippen molar-refractivity contribution in [2.45, 2.75) is 39.8 Å². The quantitative estimate of drug-likeness (QED) is 0.878. The Morgan fingerprint density at radius 3 is 2.74 bits per heavy atom. The molecule has 0 aliphatic carbocycles. The highest BCUT2D eigenvalue weighted by molar-refractivity contribution is 7.12. The molecule has 0 atom stereocenters. The Kier molecular flexibility index (Phi) is 4.74. The normalized spacial score (nSPS) is 10.7. The molecule has 0 unspecified atom stereocenters. The fourth-order valence-electron chi connectivity index (χ4n) is 1.61. The Bertz CT molecular complexity index is 525. The van der Waals surface area contributed by atoms with E-state index in [-0.39, 0.29) is 6.10 Å². The fraction of sp³-hybridized carbons (Fsp3) is 0.429. The molecule has 0 aliphatic rings. The van der Waals surface area contributed by atoms with E-state index in [9.17, 15) is 0 Å². The summed E-state index contributed by atoms with van der Waals surface area (Å²) in [5.74, 6) is 1.21. The van der Waals surface area contributed by atoms with Gasteiger partial charge in [-0.05, 0) is 32.4 Å². The van der Waals surface area contributed by atoms with Crippen LogP contribution in [-0.2, 0) is 13.0 Å². The van der Waals surface area contributed by atoms with Crippen molar-refractivity contribution in [2.24, 2.45) is 0 Å². The maximum Gasteiger partial charge on any atom is 0.226 e. The molecular formula is C14H19N3OS. The van der Waals surface area contributed by atoms with Crippen molar-refractivity contribution >= 4 is 17.3 Å². The highest BCUT2D eigenvalue weighted by Gasteiger charge is 2.03. The van der Waals surface area contributed by atoms with Gasteiger partial charge in [-0.15, -0.1) is 11.3 Å². The zero-order valence-electron chi connectivity index (χ0n) is 11.5. The number of nitrogens with one attached hydrogen (secondary N) is 1. The van der Waals surface area contributed by atoms with Gasteiger partial charge in [0.25, 0.3) is 0 Å². The minimum atomic E-state index is 0.118. The van der Waals surface area contributed by atoms with Crippen molar-refractivity contribution in [3.8, 4) is 5.88 Å². The minimum Gasteiger partial charge on any atom is -0.475 e. The van der Waals surface area contributed by atoms with Gasteiger partial charge in [-0.25, -0.2) is 4.98 Å². The predicted molar refractivity (Wildman–Crippen MR) is 78.8 cm³/mol. The lowest BCUT2D eigenvalue weighted by Gasteiger charge is -2.09. The molecule has 0 saturated heterocycles. The van der Waals surface area contributed by atoms with Gasteiger partial charge >= 0.3 is 0 Å². The van der Waals surface area contributed by atoms with Crippen molar-refractivity contribution < 1.29 is 4.74 Å². The van der Waals surface area contributed by atoms with Crippen LogP contribution in [0.2, 0.25) is 0 Å². The molecule has 2 heterocycles. The number of aryl methyl sites for hydroxylation is 1. The molecule has 0 saturated carbocycles. The van der Waals surface area contributed by atoms with Crippen LogP contribution in [0.5, 0.6) is 5.88 Å². The average Bonchev–Trinajstić information content (AvgIpc) is 2.84. The highest BCUT2D eigenvalue weighted by atomic mass is 32.1. The second-order valence-corrected chi connectivity index (χ2v) is 5.71. The van der Waals surface area contributed by atoms with Gasteiger partial charge < -0.3 is 10.1 Å². The number of nitrogens with zero attached hydrogens (tertiary/aromatic N) is 2. The second kappa shape index (κ2) is 6.52. The second-order valence-electron chi connectivity index (χ2n) is 4.46. The standard InChI is InChI=1S/C14H19N3OS/c1-4-11-5-6-12(19-11)9-16-14-15-8-7-13(17-14)18-10(2)3/h5-8,10H,4,9H2,1-3H3,(H,15,16,17). The van der Waals surface area contributed by atoms with Crippen LogP contribution >= 0.6 is 11.3 Å². The third-order valence-electron chi connectivity index (χ3n) is 2.47. The number of hydrogen-bond donors (Lipinski definition) is 1. The van der Waals surface area contributed by atoms with Crippen molar-refractivity contribution in [1.82, 2.24) is 9.97 Å². The van der Waals surface area contributed by atoms with E-state index in [1.165, 1.54) is 9.75 Å². The van der Waals surface area contributed by atoms with Crippen LogP contribution in [0, 0.1) is 0 Å². The molecule has 0 fully saturated rings. The van der Waals surface area contributed by atoms with Gasteiger partial charge in [-0.2, -0.15) is 4.98 Å². The molecule has 4 nitrogen and oxygen atoms in total. The summed E-state index contributed by atoms with van der Waals surface area (Å²) >= 11 is 1.82. The lowest BCUT2D eigenvalue weighted by Crippen LogP contribution is -2.09.